The van der Waals surface area contributed by atoms with Crippen LogP contribution in [0.2, 0.25) is 0 Å². The number of carbonyl (C=O) groups excluding carboxylic acids is 1. The Labute approximate surface area is 112 Å². The number of aryl methyl sites for hydroxylation is 1. The highest BCUT2D eigenvalue weighted by molar-refractivity contribution is 5.94. The lowest BCUT2D eigenvalue weighted by Crippen LogP contribution is -2.10. The molecule has 0 aliphatic carbocycles. The first-order chi connectivity index (χ1) is 9.02. The van der Waals surface area contributed by atoms with E-state index in [-0.39, 0.29) is 18.4 Å². The molecular formula is C15H18N2O2. The molecule has 19 heavy (non-hydrogen) atoms. The minimum Gasteiger partial charge on any atom is -0.390 e. The summed E-state index contributed by atoms with van der Waals surface area (Å²) in [7, 11) is 0. The molecule has 100 valence electrons. The van der Waals surface area contributed by atoms with Crippen LogP contribution in [0.4, 0.5) is 0 Å². The van der Waals surface area contributed by atoms with Gasteiger partial charge in [-0.1, -0.05) is 12.1 Å². The van der Waals surface area contributed by atoms with Gasteiger partial charge in [-0.2, -0.15) is 5.10 Å². The fourth-order valence-electron chi connectivity index (χ4n) is 2.18. The maximum absolute atomic E-state index is 11.3. The first-order valence-electron chi connectivity index (χ1n) is 6.29. The summed E-state index contributed by atoms with van der Waals surface area (Å²) in [6.45, 7) is 5.56. The van der Waals surface area contributed by atoms with Crippen molar-refractivity contribution in [2.45, 2.75) is 33.4 Å². The van der Waals surface area contributed by atoms with E-state index in [1.165, 1.54) is 0 Å². The van der Waals surface area contributed by atoms with Crippen molar-refractivity contribution in [1.82, 2.24) is 9.78 Å². The molecule has 2 rings (SSSR count). The highest BCUT2D eigenvalue weighted by Gasteiger charge is 2.13. The Morgan fingerprint density at radius 3 is 2.68 bits per heavy atom. The smallest absolute Gasteiger partial charge is 0.159 e. The van der Waals surface area contributed by atoms with Gasteiger partial charge >= 0.3 is 0 Å². The lowest BCUT2D eigenvalue weighted by Gasteiger charge is -2.16. The van der Waals surface area contributed by atoms with E-state index in [1.54, 1.807) is 13.0 Å². The monoisotopic (exact) mass is 258 g/mol. The second-order valence-electron chi connectivity index (χ2n) is 4.75. The molecule has 0 saturated carbocycles. The van der Waals surface area contributed by atoms with Crippen LogP contribution in [0.3, 0.4) is 0 Å². The van der Waals surface area contributed by atoms with Gasteiger partial charge in [0.2, 0.25) is 0 Å². The molecule has 4 heteroatoms. The quantitative estimate of drug-likeness (QED) is 0.857. The predicted octanol–water partition coefficient (Wildman–Crippen LogP) is 2.50. The number of rotatable bonds is 4. The van der Waals surface area contributed by atoms with Crippen LogP contribution in [0.15, 0.2) is 30.5 Å². The second kappa shape index (κ2) is 5.36. The number of Topliss-reactive ketones (excluding diaryl/α,β-unsaturated/α-hetero) is 1. The number of aromatic nitrogens is 2. The van der Waals surface area contributed by atoms with Crippen molar-refractivity contribution >= 4 is 5.78 Å². The normalized spacial score (nSPS) is 12.4. The van der Waals surface area contributed by atoms with Crippen LogP contribution in [-0.2, 0) is 6.61 Å². The Balaban J connectivity index is 2.33. The zero-order valence-electron chi connectivity index (χ0n) is 11.4. The zero-order chi connectivity index (χ0) is 14.0. The SMILES string of the molecule is CC(=O)c1ccc([C@H](C)n2ccc(CO)n2)c(C)c1. The maximum atomic E-state index is 11.3. The van der Waals surface area contributed by atoms with Gasteiger partial charge in [-0.25, -0.2) is 0 Å². The third-order valence-corrected chi connectivity index (χ3v) is 3.35. The minimum atomic E-state index is -0.0536. The molecule has 2 aromatic rings. The number of aliphatic hydroxyl groups is 1. The summed E-state index contributed by atoms with van der Waals surface area (Å²) in [4.78, 5) is 11.3. The van der Waals surface area contributed by atoms with E-state index in [1.807, 2.05) is 42.9 Å². The summed E-state index contributed by atoms with van der Waals surface area (Å²) in [5.41, 5.74) is 3.58. The average molecular weight is 258 g/mol. The largest absolute Gasteiger partial charge is 0.390 e. The van der Waals surface area contributed by atoms with Crippen LogP contribution < -0.4 is 0 Å². The van der Waals surface area contributed by atoms with Crippen LogP contribution in [0, 0.1) is 6.92 Å². The molecule has 4 nitrogen and oxygen atoms in total. The van der Waals surface area contributed by atoms with E-state index in [2.05, 4.69) is 5.10 Å². The lowest BCUT2D eigenvalue weighted by molar-refractivity contribution is 0.101. The molecule has 0 unspecified atom stereocenters. The fraction of sp³-hybridized carbons (Fsp3) is 0.333. The van der Waals surface area contributed by atoms with Crippen molar-refractivity contribution in [1.29, 1.82) is 0 Å². The third kappa shape index (κ3) is 2.74. The number of carbonyl (C=O) groups is 1. The highest BCUT2D eigenvalue weighted by atomic mass is 16.3. The lowest BCUT2D eigenvalue weighted by atomic mass is 9.99. The van der Waals surface area contributed by atoms with Gasteiger partial charge in [0.15, 0.2) is 5.78 Å². The van der Waals surface area contributed by atoms with E-state index >= 15 is 0 Å². The fourth-order valence-corrected chi connectivity index (χ4v) is 2.18. The number of benzene rings is 1. The minimum absolute atomic E-state index is 0.0536. The van der Waals surface area contributed by atoms with E-state index in [0.29, 0.717) is 5.69 Å². The van der Waals surface area contributed by atoms with Crippen LogP contribution >= 0.6 is 0 Å². The molecule has 0 aliphatic rings. The molecule has 0 spiro atoms. The molecule has 0 amide bonds. The highest BCUT2D eigenvalue weighted by Crippen LogP contribution is 2.22. The molecule has 0 saturated heterocycles. The molecule has 0 aliphatic heterocycles. The molecule has 1 aromatic carbocycles. The first kappa shape index (κ1) is 13.5. The number of nitrogens with zero attached hydrogens (tertiary/aromatic N) is 2. The molecule has 1 atom stereocenters. The van der Waals surface area contributed by atoms with Gasteiger partial charge in [-0.05, 0) is 44.0 Å². The van der Waals surface area contributed by atoms with Crippen molar-refractivity contribution in [3.05, 3.63) is 52.8 Å². The topological polar surface area (TPSA) is 55.1 Å². The van der Waals surface area contributed by atoms with Gasteiger partial charge in [0.1, 0.15) is 0 Å². The predicted molar refractivity (Wildman–Crippen MR) is 73.1 cm³/mol. The summed E-state index contributed by atoms with van der Waals surface area (Å²) < 4.78 is 1.82. The Morgan fingerprint density at radius 1 is 1.42 bits per heavy atom. The first-order valence-corrected chi connectivity index (χ1v) is 6.29. The van der Waals surface area contributed by atoms with Gasteiger partial charge in [0.25, 0.3) is 0 Å². The number of hydrogen-bond acceptors (Lipinski definition) is 3. The summed E-state index contributed by atoms with van der Waals surface area (Å²) in [6.07, 6.45) is 1.86. The standard InChI is InChI=1S/C15H18N2O2/c1-10-8-13(12(3)19)4-5-15(10)11(2)17-7-6-14(9-18)16-17/h4-8,11,18H,9H2,1-3H3/t11-/m0/s1. The van der Waals surface area contributed by atoms with E-state index in [9.17, 15) is 4.79 Å². The van der Waals surface area contributed by atoms with E-state index in [4.69, 9.17) is 5.11 Å². The zero-order valence-corrected chi connectivity index (χ0v) is 11.4. The van der Waals surface area contributed by atoms with Crippen LogP contribution in [0.5, 0.6) is 0 Å². The second-order valence-corrected chi connectivity index (χ2v) is 4.75. The summed E-state index contributed by atoms with van der Waals surface area (Å²) >= 11 is 0. The maximum Gasteiger partial charge on any atom is 0.159 e. The Kier molecular flexibility index (Phi) is 3.81. The molecular weight excluding hydrogens is 240 g/mol. The molecule has 0 radical (unpaired) electrons. The number of ketones is 1. The molecule has 1 heterocycles. The van der Waals surface area contributed by atoms with Crippen molar-refractivity contribution in [3.63, 3.8) is 0 Å². The summed E-state index contributed by atoms with van der Waals surface area (Å²) in [5, 5.41) is 13.3. The van der Waals surface area contributed by atoms with Gasteiger partial charge < -0.3 is 5.11 Å². The molecule has 1 N–H and O–H groups in total. The Bertz CT molecular complexity index is 602. The molecule has 0 fully saturated rings. The Morgan fingerprint density at radius 2 is 2.16 bits per heavy atom. The average Bonchev–Trinajstić information content (AvgIpc) is 2.86. The van der Waals surface area contributed by atoms with Gasteiger partial charge in [0.05, 0.1) is 18.3 Å². The van der Waals surface area contributed by atoms with E-state index < -0.39 is 0 Å². The van der Waals surface area contributed by atoms with E-state index in [0.717, 1.165) is 16.7 Å². The van der Waals surface area contributed by atoms with Gasteiger partial charge in [-0.3, -0.25) is 9.48 Å². The van der Waals surface area contributed by atoms with Crippen molar-refractivity contribution in [2.75, 3.05) is 0 Å². The summed E-state index contributed by atoms with van der Waals surface area (Å²) in [6, 6.07) is 7.59. The van der Waals surface area contributed by atoms with Gasteiger partial charge in [-0.15, -0.1) is 0 Å². The van der Waals surface area contributed by atoms with Crippen LogP contribution in [-0.4, -0.2) is 20.7 Å². The van der Waals surface area contributed by atoms with Crippen molar-refractivity contribution in [2.24, 2.45) is 0 Å². The van der Waals surface area contributed by atoms with Gasteiger partial charge in [0, 0.05) is 11.8 Å². The Hall–Kier alpha value is -1.94. The number of aliphatic hydroxyl groups excluding tert-OH is 1. The molecule has 0 bridgehead atoms. The van der Waals surface area contributed by atoms with Crippen molar-refractivity contribution in [3.8, 4) is 0 Å². The number of hydrogen-bond donors (Lipinski definition) is 1. The summed E-state index contributed by atoms with van der Waals surface area (Å²) in [5.74, 6) is 0.0731. The van der Waals surface area contributed by atoms with Crippen molar-refractivity contribution < 1.29 is 9.90 Å². The van der Waals surface area contributed by atoms with Crippen LogP contribution in [0.25, 0.3) is 0 Å². The third-order valence-electron chi connectivity index (χ3n) is 3.35. The van der Waals surface area contributed by atoms with Crippen LogP contribution in [0.1, 0.15) is 47.1 Å². The molecule has 1 aromatic heterocycles.